The second-order valence-electron chi connectivity index (χ2n) is 4.29. The molecular weight excluding hydrogens is 468 g/mol. The van der Waals surface area contributed by atoms with Gasteiger partial charge in [-0.25, -0.2) is 0 Å². The van der Waals surface area contributed by atoms with Gasteiger partial charge >= 0.3 is 0 Å². The summed E-state index contributed by atoms with van der Waals surface area (Å²) in [5.74, 6) is 1.48. The molecule has 0 radical (unpaired) electrons. The summed E-state index contributed by atoms with van der Waals surface area (Å²) in [7, 11) is 1.63. The molecule has 0 fully saturated rings. The Hall–Kier alpha value is -0.560. The summed E-state index contributed by atoms with van der Waals surface area (Å²) in [6.45, 7) is 0.381. The molecule has 6 heteroatoms. The highest BCUT2D eigenvalue weighted by molar-refractivity contribution is 9.11. The van der Waals surface area contributed by atoms with Crippen LogP contribution in [-0.4, -0.2) is 12.2 Å². The average molecular weight is 481 g/mol. The number of methoxy groups -OCH3 is 1. The summed E-state index contributed by atoms with van der Waals surface area (Å²) < 4.78 is 13.6. The van der Waals surface area contributed by atoms with Gasteiger partial charge in [0.1, 0.15) is 18.1 Å². The van der Waals surface area contributed by atoms with Gasteiger partial charge in [0.05, 0.1) is 22.7 Å². The third-order valence-electron chi connectivity index (χ3n) is 2.87. The fourth-order valence-electron chi connectivity index (χ4n) is 1.78. The van der Waals surface area contributed by atoms with Crippen molar-refractivity contribution in [3.63, 3.8) is 0 Å². The van der Waals surface area contributed by atoms with Crippen molar-refractivity contribution in [2.24, 2.45) is 0 Å². The topological polar surface area (TPSA) is 38.7 Å². The minimum absolute atomic E-state index is 0.0150. The number of benzene rings is 2. The van der Waals surface area contributed by atoms with Crippen molar-refractivity contribution < 1.29 is 14.6 Å². The van der Waals surface area contributed by atoms with Crippen LogP contribution < -0.4 is 9.47 Å². The number of rotatable bonds is 5. The normalized spacial score (nSPS) is 10.5. The van der Waals surface area contributed by atoms with E-state index >= 15 is 0 Å². The molecule has 0 aliphatic rings. The van der Waals surface area contributed by atoms with Gasteiger partial charge in [-0.05, 0) is 67.8 Å². The Labute approximate surface area is 148 Å². The zero-order valence-corrected chi connectivity index (χ0v) is 16.0. The SMILES string of the molecule is COc1ccc(Br)c(COc2c(Br)cc(CO)cc2Br)c1. The second-order valence-corrected chi connectivity index (χ2v) is 6.86. The van der Waals surface area contributed by atoms with Gasteiger partial charge in [0.15, 0.2) is 0 Å². The van der Waals surface area contributed by atoms with Crippen LogP contribution in [0.1, 0.15) is 11.1 Å². The average Bonchev–Trinajstić information content (AvgIpc) is 2.47. The number of hydrogen-bond acceptors (Lipinski definition) is 3. The van der Waals surface area contributed by atoms with Gasteiger partial charge < -0.3 is 14.6 Å². The van der Waals surface area contributed by atoms with Gasteiger partial charge in [-0.15, -0.1) is 0 Å². The van der Waals surface area contributed by atoms with Crippen molar-refractivity contribution >= 4 is 47.8 Å². The molecule has 0 aliphatic heterocycles. The summed E-state index contributed by atoms with van der Waals surface area (Å²) in [5, 5.41) is 9.18. The van der Waals surface area contributed by atoms with Gasteiger partial charge in [0, 0.05) is 10.0 Å². The van der Waals surface area contributed by atoms with Crippen LogP contribution in [0.2, 0.25) is 0 Å². The molecule has 3 nitrogen and oxygen atoms in total. The lowest BCUT2D eigenvalue weighted by Crippen LogP contribution is -1.99. The minimum atomic E-state index is -0.0150. The first-order chi connectivity index (χ1) is 10.0. The predicted molar refractivity (Wildman–Crippen MR) is 92.8 cm³/mol. The zero-order valence-electron chi connectivity index (χ0n) is 11.2. The number of hydrogen-bond donors (Lipinski definition) is 1. The molecule has 0 saturated carbocycles. The van der Waals surface area contributed by atoms with E-state index in [-0.39, 0.29) is 6.61 Å². The van der Waals surface area contributed by atoms with E-state index < -0.39 is 0 Å². The van der Waals surface area contributed by atoms with Crippen LogP contribution in [0.25, 0.3) is 0 Å². The van der Waals surface area contributed by atoms with Gasteiger partial charge in [0.25, 0.3) is 0 Å². The molecule has 0 amide bonds. The highest BCUT2D eigenvalue weighted by Crippen LogP contribution is 2.36. The maximum Gasteiger partial charge on any atom is 0.148 e. The third kappa shape index (κ3) is 4.22. The fraction of sp³-hybridized carbons (Fsp3) is 0.200. The van der Waals surface area contributed by atoms with Gasteiger partial charge in [-0.3, -0.25) is 0 Å². The van der Waals surface area contributed by atoms with E-state index in [1.54, 1.807) is 7.11 Å². The Morgan fingerprint density at radius 2 is 1.67 bits per heavy atom. The van der Waals surface area contributed by atoms with Crippen LogP contribution in [0.15, 0.2) is 43.7 Å². The van der Waals surface area contributed by atoms with E-state index in [0.717, 1.165) is 30.3 Å². The van der Waals surface area contributed by atoms with Crippen molar-refractivity contribution in [3.8, 4) is 11.5 Å². The monoisotopic (exact) mass is 478 g/mol. The highest BCUT2D eigenvalue weighted by atomic mass is 79.9. The molecule has 0 saturated heterocycles. The van der Waals surface area contributed by atoms with E-state index in [1.165, 1.54) is 0 Å². The first-order valence-electron chi connectivity index (χ1n) is 6.09. The predicted octanol–water partition coefficient (Wildman–Crippen LogP) is 5.05. The van der Waals surface area contributed by atoms with Crippen LogP contribution in [0, 0.1) is 0 Å². The van der Waals surface area contributed by atoms with Crippen molar-refractivity contribution in [2.45, 2.75) is 13.2 Å². The Morgan fingerprint density at radius 3 is 2.24 bits per heavy atom. The molecule has 0 unspecified atom stereocenters. The molecule has 0 atom stereocenters. The summed E-state index contributed by atoms with van der Waals surface area (Å²) in [5.41, 5.74) is 1.79. The lowest BCUT2D eigenvalue weighted by atomic mass is 10.2. The van der Waals surface area contributed by atoms with Crippen LogP contribution in [-0.2, 0) is 13.2 Å². The molecule has 2 aromatic carbocycles. The standard InChI is InChI=1S/C15H13Br3O3/c1-20-11-2-3-12(16)10(6-11)8-21-15-13(17)4-9(7-19)5-14(15)18/h2-6,19H,7-8H2,1H3. The molecule has 21 heavy (non-hydrogen) atoms. The number of halogens is 3. The van der Waals surface area contributed by atoms with Crippen molar-refractivity contribution in [1.29, 1.82) is 0 Å². The Bertz CT molecular complexity index is 621. The smallest absolute Gasteiger partial charge is 0.148 e. The molecule has 0 aromatic heterocycles. The van der Waals surface area contributed by atoms with E-state index in [1.807, 2.05) is 30.3 Å². The number of aliphatic hydroxyl groups excluding tert-OH is 1. The first kappa shape index (κ1) is 16.8. The second kappa shape index (κ2) is 7.63. The Balaban J connectivity index is 2.20. The van der Waals surface area contributed by atoms with Crippen molar-refractivity contribution in [2.75, 3.05) is 7.11 Å². The first-order valence-corrected chi connectivity index (χ1v) is 8.47. The molecule has 0 bridgehead atoms. The molecule has 0 spiro atoms. The number of ether oxygens (including phenoxy) is 2. The molecule has 1 N–H and O–H groups in total. The summed E-state index contributed by atoms with van der Waals surface area (Å²) in [6, 6.07) is 9.40. The maximum absolute atomic E-state index is 9.18. The van der Waals surface area contributed by atoms with E-state index in [4.69, 9.17) is 9.47 Å². The lowest BCUT2D eigenvalue weighted by molar-refractivity contribution is 0.280. The number of aliphatic hydroxyl groups is 1. The summed E-state index contributed by atoms with van der Waals surface area (Å²) in [4.78, 5) is 0. The van der Waals surface area contributed by atoms with E-state index in [9.17, 15) is 5.11 Å². The van der Waals surface area contributed by atoms with Gasteiger partial charge in [0.2, 0.25) is 0 Å². The molecule has 0 aliphatic carbocycles. The Kier molecular flexibility index (Phi) is 6.10. The van der Waals surface area contributed by atoms with Crippen LogP contribution in [0.4, 0.5) is 0 Å². The third-order valence-corrected chi connectivity index (χ3v) is 4.82. The lowest BCUT2D eigenvalue weighted by Gasteiger charge is -2.13. The van der Waals surface area contributed by atoms with Crippen molar-refractivity contribution in [1.82, 2.24) is 0 Å². The van der Waals surface area contributed by atoms with Crippen LogP contribution >= 0.6 is 47.8 Å². The van der Waals surface area contributed by atoms with Crippen LogP contribution in [0.5, 0.6) is 11.5 Å². The molecular formula is C15H13Br3O3. The molecule has 112 valence electrons. The molecule has 0 heterocycles. The van der Waals surface area contributed by atoms with Crippen molar-refractivity contribution in [3.05, 3.63) is 54.9 Å². The zero-order chi connectivity index (χ0) is 15.4. The summed E-state index contributed by atoms with van der Waals surface area (Å²) in [6.07, 6.45) is 0. The van der Waals surface area contributed by atoms with Gasteiger partial charge in [-0.2, -0.15) is 0 Å². The molecule has 2 aromatic rings. The van der Waals surface area contributed by atoms with Gasteiger partial charge in [-0.1, -0.05) is 15.9 Å². The molecule has 2 rings (SSSR count). The maximum atomic E-state index is 9.18. The quantitative estimate of drug-likeness (QED) is 0.650. The minimum Gasteiger partial charge on any atom is -0.497 e. The Morgan fingerprint density at radius 1 is 1.00 bits per heavy atom. The largest absolute Gasteiger partial charge is 0.497 e. The summed E-state index contributed by atoms with van der Waals surface area (Å²) >= 11 is 10.4. The van der Waals surface area contributed by atoms with E-state index in [2.05, 4.69) is 47.8 Å². The fourth-order valence-corrected chi connectivity index (χ4v) is 3.65. The van der Waals surface area contributed by atoms with E-state index in [0.29, 0.717) is 12.4 Å². The highest BCUT2D eigenvalue weighted by Gasteiger charge is 2.10. The van der Waals surface area contributed by atoms with Crippen LogP contribution in [0.3, 0.4) is 0 Å².